The van der Waals surface area contributed by atoms with Gasteiger partial charge in [-0.1, -0.05) is 24.3 Å². The van der Waals surface area contributed by atoms with Gasteiger partial charge in [0.15, 0.2) is 0 Å². The molecule has 1 N–H and O–H groups in total. The van der Waals surface area contributed by atoms with Crippen molar-refractivity contribution >= 4 is 11.7 Å². The Labute approximate surface area is 131 Å². The number of urea groups is 1. The first-order chi connectivity index (χ1) is 10.6. The first kappa shape index (κ1) is 16.0. The van der Waals surface area contributed by atoms with Crippen molar-refractivity contribution in [3.63, 3.8) is 0 Å². The highest BCUT2D eigenvalue weighted by Gasteiger charge is 2.14. The molecule has 0 aliphatic heterocycles. The van der Waals surface area contributed by atoms with Crippen LogP contribution in [0.3, 0.4) is 0 Å². The maximum atomic E-state index is 12.5. The van der Waals surface area contributed by atoms with E-state index in [1.807, 2.05) is 62.6 Å². The molecule has 2 amide bonds. The Morgan fingerprint density at radius 2 is 1.77 bits per heavy atom. The van der Waals surface area contributed by atoms with Crippen molar-refractivity contribution in [3.05, 3.63) is 60.4 Å². The number of likely N-dealkylation sites (N-methyl/N-ethyl adjacent to an activating group) is 1. The number of pyridine rings is 1. The second-order valence-electron chi connectivity index (χ2n) is 5.34. The summed E-state index contributed by atoms with van der Waals surface area (Å²) in [6.07, 6.45) is 1.74. The summed E-state index contributed by atoms with van der Waals surface area (Å²) in [5.74, 6) is 0. The lowest BCUT2D eigenvalue weighted by Gasteiger charge is -2.24. The lowest BCUT2D eigenvalue weighted by molar-refractivity contribution is 0.201. The van der Waals surface area contributed by atoms with Crippen LogP contribution >= 0.6 is 0 Å². The Bertz CT molecular complexity index is 572. The Hall–Kier alpha value is -2.40. The molecule has 0 atom stereocenters. The fraction of sp³-hybridized carbons (Fsp3) is 0.294. The topological polar surface area (TPSA) is 48.5 Å². The van der Waals surface area contributed by atoms with E-state index in [0.29, 0.717) is 13.1 Å². The lowest BCUT2D eigenvalue weighted by Crippen LogP contribution is -2.39. The van der Waals surface area contributed by atoms with Gasteiger partial charge < -0.3 is 15.1 Å². The van der Waals surface area contributed by atoms with E-state index < -0.39 is 0 Å². The molecule has 0 aliphatic rings. The molecular weight excluding hydrogens is 276 g/mol. The number of para-hydroxylation sites is 1. The quantitative estimate of drug-likeness (QED) is 0.892. The Kier molecular flexibility index (Phi) is 5.91. The Morgan fingerprint density at radius 1 is 1.05 bits per heavy atom. The molecule has 22 heavy (non-hydrogen) atoms. The number of carbonyl (C=O) groups excluding carboxylic acids is 1. The van der Waals surface area contributed by atoms with Crippen LogP contribution in [0.5, 0.6) is 0 Å². The molecule has 0 fully saturated rings. The number of hydrogen-bond acceptors (Lipinski definition) is 3. The molecule has 0 unspecified atom stereocenters. The molecule has 2 rings (SSSR count). The fourth-order valence-electron chi connectivity index (χ4n) is 1.98. The standard InChI is InChI=1S/C17H22N4O/c1-20(2)12-13-21(14-16-10-6-7-11-18-16)17(22)19-15-8-4-3-5-9-15/h3-11H,12-14H2,1-2H3,(H,19,22). The molecule has 5 nitrogen and oxygen atoms in total. The van der Waals surface area contributed by atoms with Crippen molar-refractivity contribution in [1.82, 2.24) is 14.8 Å². The smallest absolute Gasteiger partial charge is 0.317 e. The minimum absolute atomic E-state index is 0.112. The van der Waals surface area contributed by atoms with Gasteiger partial charge in [-0.15, -0.1) is 0 Å². The lowest BCUT2D eigenvalue weighted by atomic mass is 10.3. The molecule has 1 heterocycles. The monoisotopic (exact) mass is 298 g/mol. The maximum absolute atomic E-state index is 12.5. The predicted octanol–water partition coefficient (Wildman–Crippen LogP) is 2.68. The summed E-state index contributed by atoms with van der Waals surface area (Å²) < 4.78 is 0. The van der Waals surface area contributed by atoms with Crippen LogP contribution in [0.2, 0.25) is 0 Å². The first-order valence-electron chi connectivity index (χ1n) is 7.31. The highest BCUT2D eigenvalue weighted by Crippen LogP contribution is 2.08. The number of rotatable bonds is 6. The number of nitrogens with zero attached hydrogens (tertiary/aromatic N) is 3. The van der Waals surface area contributed by atoms with Gasteiger partial charge in [-0.05, 0) is 38.4 Å². The van der Waals surface area contributed by atoms with E-state index in [1.54, 1.807) is 11.1 Å². The molecule has 0 spiro atoms. The van der Waals surface area contributed by atoms with E-state index in [0.717, 1.165) is 17.9 Å². The first-order valence-corrected chi connectivity index (χ1v) is 7.31. The second-order valence-corrected chi connectivity index (χ2v) is 5.34. The normalized spacial score (nSPS) is 10.5. The third-order valence-electron chi connectivity index (χ3n) is 3.21. The number of amides is 2. The summed E-state index contributed by atoms with van der Waals surface area (Å²) in [4.78, 5) is 20.6. The zero-order valence-corrected chi connectivity index (χ0v) is 13.1. The van der Waals surface area contributed by atoms with Crippen molar-refractivity contribution in [2.24, 2.45) is 0 Å². The molecule has 0 aliphatic carbocycles. The molecule has 0 saturated heterocycles. The summed E-state index contributed by atoms with van der Waals surface area (Å²) in [6.45, 7) is 1.94. The third-order valence-corrected chi connectivity index (χ3v) is 3.21. The van der Waals surface area contributed by atoms with Crippen molar-refractivity contribution in [2.45, 2.75) is 6.54 Å². The van der Waals surface area contributed by atoms with Gasteiger partial charge in [0.05, 0.1) is 12.2 Å². The molecule has 0 saturated carbocycles. The predicted molar refractivity (Wildman–Crippen MR) is 88.7 cm³/mol. The molecule has 1 aromatic heterocycles. The van der Waals surface area contributed by atoms with Crippen LogP contribution in [-0.2, 0) is 6.54 Å². The van der Waals surface area contributed by atoms with Crippen LogP contribution in [0, 0.1) is 0 Å². The van der Waals surface area contributed by atoms with E-state index in [2.05, 4.69) is 15.2 Å². The summed E-state index contributed by atoms with van der Waals surface area (Å²) in [5.41, 5.74) is 1.67. The third kappa shape index (κ3) is 5.18. The zero-order chi connectivity index (χ0) is 15.8. The van der Waals surface area contributed by atoms with Gasteiger partial charge in [-0.25, -0.2) is 4.79 Å². The van der Waals surface area contributed by atoms with Crippen LogP contribution in [0.25, 0.3) is 0 Å². The largest absolute Gasteiger partial charge is 0.322 e. The van der Waals surface area contributed by atoms with Gasteiger partial charge in [0.1, 0.15) is 0 Å². The molecule has 0 radical (unpaired) electrons. The van der Waals surface area contributed by atoms with Gasteiger partial charge in [0, 0.05) is 25.0 Å². The molecule has 116 valence electrons. The van der Waals surface area contributed by atoms with Crippen LogP contribution in [0.1, 0.15) is 5.69 Å². The summed E-state index contributed by atoms with van der Waals surface area (Å²) in [7, 11) is 3.99. The Morgan fingerprint density at radius 3 is 2.41 bits per heavy atom. The van der Waals surface area contributed by atoms with E-state index in [-0.39, 0.29) is 6.03 Å². The summed E-state index contributed by atoms with van der Waals surface area (Å²) >= 11 is 0. The molecule has 1 aromatic carbocycles. The minimum atomic E-state index is -0.112. The van der Waals surface area contributed by atoms with E-state index >= 15 is 0 Å². The van der Waals surface area contributed by atoms with Crippen LogP contribution in [-0.4, -0.2) is 48.0 Å². The molecular formula is C17H22N4O. The highest BCUT2D eigenvalue weighted by atomic mass is 16.2. The number of nitrogens with one attached hydrogen (secondary N) is 1. The average molecular weight is 298 g/mol. The van der Waals surface area contributed by atoms with Crippen molar-refractivity contribution in [2.75, 3.05) is 32.5 Å². The van der Waals surface area contributed by atoms with E-state index in [1.165, 1.54) is 0 Å². The zero-order valence-electron chi connectivity index (χ0n) is 13.1. The van der Waals surface area contributed by atoms with Crippen molar-refractivity contribution in [1.29, 1.82) is 0 Å². The van der Waals surface area contributed by atoms with Crippen LogP contribution in [0.15, 0.2) is 54.7 Å². The number of anilines is 1. The van der Waals surface area contributed by atoms with Gasteiger partial charge in [0.25, 0.3) is 0 Å². The summed E-state index contributed by atoms with van der Waals surface area (Å²) in [6, 6.07) is 15.1. The fourth-order valence-corrected chi connectivity index (χ4v) is 1.98. The van der Waals surface area contributed by atoms with Gasteiger partial charge in [-0.2, -0.15) is 0 Å². The van der Waals surface area contributed by atoms with Gasteiger partial charge >= 0.3 is 6.03 Å². The number of carbonyl (C=O) groups is 1. The van der Waals surface area contributed by atoms with Crippen LogP contribution < -0.4 is 5.32 Å². The molecule has 2 aromatic rings. The van der Waals surface area contributed by atoms with Gasteiger partial charge in [-0.3, -0.25) is 4.98 Å². The molecule has 5 heteroatoms. The second kappa shape index (κ2) is 8.14. The van der Waals surface area contributed by atoms with E-state index in [4.69, 9.17) is 0 Å². The average Bonchev–Trinajstić information content (AvgIpc) is 2.53. The van der Waals surface area contributed by atoms with Gasteiger partial charge in [0.2, 0.25) is 0 Å². The minimum Gasteiger partial charge on any atom is -0.317 e. The maximum Gasteiger partial charge on any atom is 0.322 e. The van der Waals surface area contributed by atoms with Crippen molar-refractivity contribution in [3.8, 4) is 0 Å². The SMILES string of the molecule is CN(C)CCN(Cc1ccccn1)C(=O)Nc1ccccc1. The summed E-state index contributed by atoms with van der Waals surface area (Å²) in [5, 5.41) is 2.93. The number of hydrogen-bond donors (Lipinski definition) is 1. The Balaban J connectivity index is 2.04. The van der Waals surface area contributed by atoms with Crippen molar-refractivity contribution < 1.29 is 4.79 Å². The van der Waals surface area contributed by atoms with E-state index in [9.17, 15) is 4.79 Å². The molecule has 0 bridgehead atoms. The number of benzene rings is 1. The number of aromatic nitrogens is 1. The van der Waals surface area contributed by atoms with Crippen LogP contribution in [0.4, 0.5) is 10.5 Å². The highest BCUT2D eigenvalue weighted by molar-refractivity contribution is 5.89.